The first-order valence-electron chi connectivity index (χ1n) is 9.22. The average molecular weight is 381 g/mol. The maximum absolute atomic E-state index is 12.5. The molecule has 3 aromatic rings. The highest BCUT2D eigenvalue weighted by Gasteiger charge is 2.24. The molecule has 2 aromatic heterocycles. The summed E-state index contributed by atoms with van der Waals surface area (Å²) in [6.07, 6.45) is 3.61. The van der Waals surface area contributed by atoms with E-state index in [9.17, 15) is 4.79 Å². The summed E-state index contributed by atoms with van der Waals surface area (Å²) in [6.45, 7) is 5.03. The SMILES string of the molecule is COc1cccc(CNC(=O)N2CCN(c3nccn4c(C)nnc34)CC2)c1. The van der Waals surface area contributed by atoms with E-state index in [0.717, 1.165) is 28.6 Å². The van der Waals surface area contributed by atoms with Gasteiger partial charge in [0, 0.05) is 45.1 Å². The second kappa shape index (κ2) is 7.71. The lowest BCUT2D eigenvalue weighted by Crippen LogP contribution is -2.52. The monoisotopic (exact) mass is 381 g/mol. The molecule has 1 aromatic carbocycles. The maximum Gasteiger partial charge on any atom is 0.317 e. The number of anilines is 1. The van der Waals surface area contributed by atoms with E-state index >= 15 is 0 Å². The highest BCUT2D eigenvalue weighted by atomic mass is 16.5. The summed E-state index contributed by atoms with van der Waals surface area (Å²) in [5.41, 5.74) is 1.75. The third-order valence-electron chi connectivity index (χ3n) is 4.92. The Hall–Kier alpha value is -3.36. The lowest BCUT2D eigenvalue weighted by molar-refractivity contribution is 0.194. The van der Waals surface area contributed by atoms with Crippen molar-refractivity contribution in [3.63, 3.8) is 0 Å². The highest BCUT2D eigenvalue weighted by Crippen LogP contribution is 2.19. The van der Waals surface area contributed by atoms with Crippen LogP contribution in [0.4, 0.5) is 10.6 Å². The van der Waals surface area contributed by atoms with E-state index in [2.05, 4.69) is 25.4 Å². The number of methoxy groups -OCH3 is 1. The Kier molecular flexibility index (Phi) is 4.96. The van der Waals surface area contributed by atoms with Gasteiger partial charge in [-0.15, -0.1) is 10.2 Å². The number of nitrogens with zero attached hydrogens (tertiary/aromatic N) is 6. The Balaban J connectivity index is 1.35. The first-order chi connectivity index (χ1) is 13.7. The van der Waals surface area contributed by atoms with Gasteiger partial charge in [0.1, 0.15) is 11.6 Å². The quantitative estimate of drug-likeness (QED) is 0.736. The van der Waals surface area contributed by atoms with Crippen LogP contribution in [0, 0.1) is 6.92 Å². The first-order valence-corrected chi connectivity index (χ1v) is 9.22. The molecule has 4 rings (SSSR count). The van der Waals surface area contributed by atoms with Gasteiger partial charge in [-0.05, 0) is 24.6 Å². The number of aromatic nitrogens is 4. The van der Waals surface area contributed by atoms with Crippen LogP contribution in [0.2, 0.25) is 0 Å². The minimum atomic E-state index is -0.0630. The summed E-state index contributed by atoms with van der Waals surface area (Å²) < 4.78 is 7.14. The molecule has 0 unspecified atom stereocenters. The van der Waals surface area contributed by atoms with Crippen LogP contribution in [0.3, 0.4) is 0 Å². The Labute approximate surface area is 162 Å². The van der Waals surface area contributed by atoms with Crippen molar-refractivity contribution in [3.05, 3.63) is 48.0 Å². The van der Waals surface area contributed by atoms with Gasteiger partial charge in [-0.2, -0.15) is 0 Å². The molecule has 9 nitrogen and oxygen atoms in total. The van der Waals surface area contributed by atoms with Gasteiger partial charge in [0.2, 0.25) is 5.65 Å². The molecule has 9 heteroatoms. The molecule has 0 bridgehead atoms. The number of ether oxygens (including phenoxy) is 1. The summed E-state index contributed by atoms with van der Waals surface area (Å²) in [6, 6.07) is 7.63. The number of hydrogen-bond acceptors (Lipinski definition) is 6. The maximum atomic E-state index is 12.5. The molecule has 0 radical (unpaired) electrons. The molecule has 1 fully saturated rings. The number of carbonyl (C=O) groups excluding carboxylic acids is 1. The van der Waals surface area contributed by atoms with Crippen molar-refractivity contribution < 1.29 is 9.53 Å². The molecule has 0 aliphatic carbocycles. The van der Waals surface area contributed by atoms with Crippen LogP contribution in [-0.4, -0.2) is 63.8 Å². The number of carbonyl (C=O) groups is 1. The minimum absolute atomic E-state index is 0.0630. The lowest BCUT2D eigenvalue weighted by atomic mass is 10.2. The molecule has 28 heavy (non-hydrogen) atoms. The van der Waals surface area contributed by atoms with Crippen molar-refractivity contribution in [1.82, 2.24) is 29.8 Å². The molecule has 3 heterocycles. The fraction of sp³-hybridized carbons (Fsp3) is 0.368. The second-order valence-corrected chi connectivity index (χ2v) is 6.68. The Morgan fingerprint density at radius 2 is 2.04 bits per heavy atom. The van der Waals surface area contributed by atoms with Crippen molar-refractivity contribution in [2.45, 2.75) is 13.5 Å². The Bertz CT molecular complexity index is 979. The number of hydrogen-bond donors (Lipinski definition) is 1. The smallest absolute Gasteiger partial charge is 0.317 e. The number of nitrogens with one attached hydrogen (secondary N) is 1. The van der Waals surface area contributed by atoms with Crippen LogP contribution in [0.25, 0.3) is 5.65 Å². The summed E-state index contributed by atoms with van der Waals surface area (Å²) in [5.74, 6) is 2.42. The number of urea groups is 1. The van der Waals surface area contributed by atoms with E-state index in [4.69, 9.17) is 4.74 Å². The molecule has 0 saturated carbocycles. The number of rotatable bonds is 4. The van der Waals surface area contributed by atoms with E-state index in [1.54, 1.807) is 13.3 Å². The van der Waals surface area contributed by atoms with Crippen molar-refractivity contribution >= 4 is 17.5 Å². The molecule has 1 aliphatic heterocycles. The normalized spacial score (nSPS) is 14.4. The van der Waals surface area contributed by atoms with Gasteiger partial charge in [-0.25, -0.2) is 9.78 Å². The summed E-state index contributed by atoms with van der Waals surface area (Å²) in [4.78, 5) is 21.0. The van der Waals surface area contributed by atoms with Crippen molar-refractivity contribution in [3.8, 4) is 5.75 Å². The second-order valence-electron chi connectivity index (χ2n) is 6.68. The van der Waals surface area contributed by atoms with E-state index in [1.807, 2.05) is 46.7 Å². The van der Waals surface area contributed by atoms with Crippen molar-refractivity contribution in [1.29, 1.82) is 0 Å². The van der Waals surface area contributed by atoms with Gasteiger partial charge in [0.05, 0.1) is 7.11 Å². The highest BCUT2D eigenvalue weighted by molar-refractivity contribution is 5.75. The molecule has 2 amide bonds. The number of fused-ring (bicyclic) bond motifs is 1. The van der Waals surface area contributed by atoms with Crippen LogP contribution in [0.5, 0.6) is 5.75 Å². The predicted molar refractivity (Wildman–Crippen MR) is 105 cm³/mol. The van der Waals surface area contributed by atoms with E-state index in [0.29, 0.717) is 32.7 Å². The molecule has 0 spiro atoms. The van der Waals surface area contributed by atoms with Gasteiger partial charge in [-0.1, -0.05) is 12.1 Å². The first kappa shape index (κ1) is 18.0. The van der Waals surface area contributed by atoms with Gasteiger partial charge in [0.15, 0.2) is 5.82 Å². The standard InChI is InChI=1S/C19H23N7O2/c1-14-22-23-18-17(20-6-7-26(14)18)24-8-10-25(11-9-24)19(27)21-13-15-4-3-5-16(12-15)28-2/h3-7,12H,8-11,13H2,1-2H3,(H,21,27). The molecule has 1 N–H and O–H groups in total. The number of piperazine rings is 1. The van der Waals surface area contributed by atoms with Gasteiger partial charge in [0.25, 0.3) is 0 Å². The average Bonchev–Trinajstić information content (AvgIpc) is 3.13. The third-order valence-corrected chi connectivity index (χ3v) is 4.92. The fourth-order valence-corrected chi connectivity index (χ4v) is 3.34. The van der Waals surface area contributed by atoms with E-state index in [1.165, 1.54) is 0 Å². The van der Waals surface area contributed by atoms with Gasteiger partial charge < -0.3 is 19.9 Å². The zero-order valence-electron chi connectivity index (χ0n) is 16.0. The third kappa shape index (κ3) is 3.55. The molecule has 146 valence electrons. The lowest BCUT2D eigenvalue weighted by Gasteiger charge is -2.35. The van der Waals surface area contributed by atoms with Crippen LogP contribution >= 0.6 is 0 Å². The van der Waals surface area contributed by atoms with Crippen LogP contribution in [-0.2, 0) is 6.54 Å². The summed E-state index contributed by atoms with van der Waals surface area (Å²) >= 11 is 0. The van der Waals surface area contributed by atoms with E-state index in [-0.39, 0.29) is 6.03 Å². The molecule has 1 saturated heterocycles. The topological polar surface area (TPSA) is 87.9 Å². The summed E-state index contributed by atoms with van der Waals surface area (Å²) in [7, 11) is 1.63. The minimum Gasteiger partial charge on any atom is -0.497 e. The summed E-state index contributed by atoms with van der Waals surface area (Å²) in [5, 5.41) is 11.3. The number of aryl methyl sites for hydroxylation is 1. The van der Waals surface area contributed by atoms with Crippen molar-refractivity contribution in [2.75, 3.05) is 38.2 Å². The number of benzene rings is 1. The van der Waals surface area contributed by atoms with Gasteiger partial charge in [-0.3, -0.25) is 4.40 Å². The van der Waals surface area contributed by atoms with E-state index < -0.39 is 0 Å². The molecule has 1 aliphatic rings. The largest absolute Gasteiger partial charge is 0.497 e. The number of amides is 2. The van der Waals surface area contributed by atoms with Crippen molar-refractivity contribution in [2.24, 2.45) is 0 Å². The predicted octanol–water partition coefficient (Wildman–Crippen LogP) is 1.47. The fourth-order valence-electron chi connectivity index (χ4n) is 3.34. The zero-order chi connectivity index (χ0) is 19.5. The zero-order valence-corrected chi connectivity index (χ0v) is 16.0. The Morgan fingerprint density at radius 3 is 2.82 bits per heavy atom. The van der Waals surface area contributed by atoms with Crippen LogP contribution in [0.15, 0.2) is 36.7 Å². The molecule has 0 atom stereocenters. The molecular formula is C19H23N7O2. The van der Waals surface area contributed by atoms with Gasteiger partial charge >= 0.3 is 6.03 Å². The van der Waals surface area contributed by atoms with Crippen LogP contribution < -0.4 is 15.0 Å². The van der Waals surface area contributed by atoms with Crippen LogP contribution in [0.1, 0.15) is 11.4 Å². The Morgan fingerprint density at radius 1 is 1.21 bits per heavy atom. The molecular weight excluding hydrogens is 358 g/mol.